The molecule has 0 saturated carbocycles. The van der Waals surface area contributed by atoms with E-state index in [-0.39, 0.29) is 11.8 Å². The van der Waals surface area contributed by atoms with Gasteiger partial charge in [0.2, 0.25) is 5.91 Å². The van der Waals surface area contributed by atoms with Gasteiger partial charge in [0.1, 0.15) is 5.75 Å². The van der Waals surface area contributed by atoms with E-state index in [9.17, 15) is 4.79 Å². The quantitative estimate of drug-likeness (QED) is 0.768. The molecule has 0 aliphatic rings. The molecule has 0 heterocycles. The van der Waals surface area contributed by atoms with Gasteiger partial charge in [0, 0.05) is 5.92 Å². The Balaban J connectivity index is 2.90. The largest absolute Gasteiger partial charge is 0.492 e. The van der Waals surface area contributed by atoms with E-state index in [1.165, 1.54) is 0 Å². The third kappa shape index (κ3) is 4.53. The molecule has 1 aromatic rings. The predicted molar refractivity (Wildman–Crippen MR) is 83.1 cm³/mol. The van der Waals surface area contributed by atoms with Gasteiger partial charge in [0.25, 0.3) is 0 Å². The van der Waals surface area contributed by atoms with Crippen LogP contribution in [0.1, 0.15) is 39.2 Å². The van der Waals surface area contributed by atoms with Crippen LogP contribution in [0.5, 0.6) is 5.75 Å². The molecule has 0 unspecified atom stereocenters. The van der Waals surface area contributed by atoms with Gasteiger partial charge in [0.15, 0.2) is 0 Å². The molecule has 1 aromatic carbocycles. The van der Waals surface area contributed by atoms with E-state index in [1.807, 2.05) is 39.0 Å². The van der Waals surface area contributed by atoms with Crippen molar-refractivity contribution in [3.63, 3.8) is 0 Å². The first-order chi connectivity index (χ1) is 9.65. The molecular weight excluding hydrogens is 252 g/mol. The first kappa shape index (κ1) is 16.5. The summed E-state index contributed by atoms with van der Waals surface area (Å²) < 4.78 is 5.62. The van der Waals surface area contributed by atoms with E-state index in [0.717, 1.165) is 36.3 Å². The van der Waals surface area contributed by atoms with Crippen molar-refractivity contribution in [2.24, 2.45) is 11.7 Å². The molecule has 112 valence electrons. The number of nitrogens with two attached hydrogens (primary N) is 1. The van der Waals surface area contributed by atoms with E-state index in [0.29, 0.717) is 13.2 Å². The number of carbonyl (C=O) groups is 1. The molecule has 0 fully saturated rings. The molecule has 0 spiro atoms. The highest BCUT2D eigenvalue weighted by Crippen LogP contribution is 2.27. The lowest BCUT2D eigenvalue weighted by atomic mass is 10.0. The van der Waals surface area contributed by atoms with Crippen LogP contribution in [0, 0.1) is 5.92 Å². The Morgan fingerprint density at radius 2 is 2.00 bits per heavy atom. The number of anilines is 1. The van der Waals surface area contributed by atoms with Gasteiger partial charge in [-0.05, 0) is 50.4 Å². The Morgan fingerprint density at radius 1 is 1.30 bits per heavy atom. The topological polar surface area (TPSA) is 64.3 Å². The van der Waals surface area contributed by atoms with Gasteiger partial charge < -0.3 is 15.8 Å². The number of nitrogens with one attached hydrogen (secondary N) is 1. The molecule has 0 radical (unpaired) electrons. The van der Waals surface area contributed by atoms with Crippen molar-refractivity contribution in [2.45, 2.75) is 40.0 Å². The van der Waals surface area contributed by atoms with E-state index in [4.69, 9.17) is 10.5 Å². The second-order valence-electron chi connectivity index (χ2n) is 4.80. The van der Waals surface area contributed by atoms with Crippen molar-refractivity contribution >= 4 is 11.6 Å². The maximum absolute atomic E-state index is 12.2. The zero-order valence-electron chi connectivity index (χ0n) is 12.7. The van der Waals surface area contributed by atoms with Gasteiger partial charge in [-0.3, -0.25) is 4.79 Å². The molecule has 0 aromatic heterocycles. The average Bonchev–Trinajstić information content (AvgIpc) is 2.43. The minimum absolute atomic E-state index is 0.0493. The molecule has 4 heteroatoms. The fourth-order valence-electron chi connectivity index (χ4n) is 2.16. The van der Waals surface area contributed by atoms with E-state index < -0.39 is 0 Å². The number of hydrogen-bond acceptors (Lipinski definition) is 3. The summed E-state index contributed by atoms with van der Waals surface area (Å²) in [5, 5.41) is 2.97. The van der Waals surface area contributed by atoms with Gasteiger partial charge in [-0.15, -0.1) is 0 Å². The maximum atomic E-state index is 12.2. The Morgan fingerprint density at radius 3 is 2.55 bits per heavy atom. The molecular formula is C16H26N2O2. The van der Waals surface area contributed by atoms with Crippen LogP contribution in [0.25, 0.3) is 0 Å². The molecule has 1 amide bonds. The van der Waals surface area contributed by atoms with Crippen molar-refractivity contribution in [1.29, 1.82) is 0 Å². The van der Waals surface area contributed by atoms with Gasteiger partial charge in [-0.1, -0.05) is 19.9 Å². The third-order valence-electron chi connectivity index (χ3n) is 3.39. The Hall–Kier alpha value is -1.55. The van der Waals surface area contributed by atoms with E-state index >= 15 is 0 Å². The van der Waals surface area contributed by atoms with E-state index in [1.54, 1.807) is 0 Å². The fourth-order valence-corrected chi connectivity index (χ4v) is 2.16. The first-order valence-electron chi connectivity index (χ1n) is 7.42. The summed E-state index contributed by atoms with van der Waals surface area (Å²) in [5.74, 6) is 0.827. The van der Waals surface area contributed by atoms with Crippen molar-refractivity contribution in [1.82, 2.24) is 0 Å². The normalized spacial score (nSPS) is 10.7. The number of benzene rings is 1. The number of ether oxygens (including phenoxy) is 1. The molecule has 0 atom stereocenters. The smallest absolute Gasteiger partial charge is 0.227 e. The summed E-state index contributed by atoms with van der Waals surface area (Å²) in [4.78, 5) is 12.2. The standard InChI is InChI=1S/C16H26N2O2/c1-4-13(5-2)16(19)18-14-8-7-12(9-10-17)11-15(14)20-6-3/h7-8,11,13H,4-6,9-10,17H2,1-3H3,(H,18,19). The van der Waals surface area contributed by atoms with Crippen LogP contribution in [0.3, 0.4) is 0 Å². The zero-order chi connectivity index (χ0) is 15.0. The average molecular weight is 278 g/mol. The summed E-state index contributed by atoms with van der Waals surface area (Å²) in [6.45, 7) is 7.16. The maximum Gasteiger partial charge on any atom is 0.227 e. The molecule has 20 heavy (non-hydrogen) atoms. The minimum atomic E-state index is 0.0493. The van der Waals surface area contributed by atoms with E-state index in [2.05, 4.69) is 5.32 Å². The highest BCUT2D eigenvalue weighted by atomic mass is 16.5. The minimum Gasteiger partial charge on any atom is -0.492 e. The van der Waals surface area contributed by atoms with Crippen LogP contribution < -0.4 is 15.8 Å². The van der Waals surface area contributed by atoms with Crippen molar-refractivity contribution in [3.05, 3.63) is 23.8 Å². The highest BCUT2D eigenvalue weighted by Gasteiger charge is 2.16. The Kier molecular flexibility index (Phi) is 7.09. The van der Waals surface area contributed by atoms with Crippen LogP contribution in [-0.2, 0) is 11.2 Å². The van der Waals surface area contributed by atoms with Crippen molar-refractivity contribution in [2.75, 3.05) is 18.5 Å². The lowest BCUT2D eigenvalue weighted by molar-refractivity contribution is -0.120. The van der Waals surface area contributed by atoms with Crippen molar-refractivity contribution in [3.8, 4) is 5.75 Å². The Bertz CT molecular complexity index is 428. The fraction of sp³-hybridized carbons (Fsp3) is 0.562. The third-order valence-corrected chi connectivity index (χ3v) is 3.39. The van der Waals surface area contributed by atoms with Crippen molar-refractivity contribution < 1.29 is 9.53 Å². The second-order valence-corrected chi connectivity index (χ2v) is 4.80. The number of amides is 1. The summed E-state index contributed by atoms with van der Waals surface area (Å²) in [6.07, 6.45) is 2.50. The molecule has 0 aliphatic carbocycles. The molecule has 1 rings (SSSR count). The Labute approximate surface area is 121 Å². The van der Waals surface area contributed by atoms with Gasteiger partial charge in [-0.2, -0.15) is 0 Å². The number of carbonyl (C=O) groups excluding carboxylic acids is 1. The highest BCUT2D eigenvalue weighted by molar-refractivity contribution is 5.93. The SMILES string of the molecule is CCOc1cc(CCN)ccc1NC(=O)C(CC)CC. The molecule has 0 saturated heterocycles. The van der Waals surface area contributed by atoms with Crippen LogP contribution in [0.2, 0.25) is 0 Å². The second kappa shape index (κ2) is 8.59. The van der Waals surface area contributed by atoms with Crippen LogP contribution in [-0.4, -0.2) is 19.1 Å². The van der Waals surface area contributed by atoms with Crippen LogP contribution in [0.4, 0.5) is 5.69 Å². The lowest BCUT2D eigenvalue weighted by Crippen LogP contribution is -2.22. The summed E-state index contributed by atoms with van der Waals surface area (Å²) >= 11 is 0. The zero-order valence-corrected chi connectivity index (χ0v) is 12.7. The van der Waals surface area contributed by atoms with Crippen LogP contribution >= 0.6 is 0 Å². The molecule has 0 bridgehead atoms. The molecule has 4 nitrogen and oxygen atoms in total. The first-order valence-corrected chi connectivity index (χ1v) is 7.42. The molecule has 0 aliphatic heterocycles. The number of hydrogen-bond donors (Lipinski definition) is 2. The summed E-state index contributed by atoms with van der Waals surface area (Å²) in [5.41, 5.74) is 7.43. The molecule has 3 N–H and O–H groups in total. The van der Waals surface area contributed by atoms with Gasteiger partial charge in [0.05, 0.1) is 12.3 Å². The summed E-state index contributed by atoms with van der Waals surface area (Å²) in [7, 11) is 0. The summed E-state index contributed by atoms with van der Waals surface area (Å²) in [6, 6.07) is 5.84. The van der Waals surface area contributed by atoms with Gasteiger partial charge in [-0.25, -0.2) is 0 Å². The predicted octanol–water partition coefficient (Wildman–Crippen LogP) is 2.96. The monoisotopic (exact) mass is 278 g/mol. The van der Waals surface area contributed by atoms with Crippen LogP contribution in [0.15, 0.2) is 18.2 Å². The lowest BCUT2D eigenvalue weighted by Gasteiger charge is -2.16. The van der Waals surface area contributed by atoms with Gasteiger partial charge >= 0.3 is 0 Å². The number of rotatable bonds is 8.